The van der Waals surface area contributed by atoms with E-state index in [0.717, 1.165) is 6.42 Å². The molecule has 1 atom stereocenters. The Morgan fingerprint density at radius 2 is 1.95 bits per heavy atom. The van der Waals surface area contributed by atoms with Crippen LogP contribution in [0.25, 0.3) is 0 Å². The maximum Gasteiger partial charge on any atom is 0.400 e. The van der Waals surface area contributed by atoms with Crippen LogP contribution in [0.15, 0.2) is 47.9 Å². The van der Waals surface area contributed by atoms with E-state index in [1.165, 1.54) is 28.1 Å². The standard InChI is InChI=1S/C12H16Cl3N2O2P/c13-5-2-1-3-8-16-9-4-12-19-20(16,18)17(10-6-14)11-7-15/h1-3,6-8,10-11H,4-5,9,12H2/b2-1+,8-3+,10-6-,11-7+. The topological polar surface area (TPSA) is 32.8 Å². The Hall–Kier alpha value is -0.380. The molecule has 8 heteroatoms. The van der Waals surface area contributed by atoms with Gasteiger partial charge < -0.3 is 0 Å². The van der Waals surface area contributed by atoms with Crippen LogP contribution < -0.4 is 0 Å². The van der Waals surface area contributed by atoms with Crippen LogP contribution in [0.5, 0.6) is 0 Å². The van der Waals surface area contributed by atoms with Crippen LogP contribution >= 0.6 is 42.5 Å². The van der Waals surface area contributed by atoms with E-state index in [0.29, 0.717) is 19.0 Å². The van der Waals surface area contributed by atoms with Crippen molar-refractivity contribution in [2.45, 2.75) is 6.42 Å². The lowest BCUT2D eigenvalue weighted by atomic mass is 10.4. The molecule has 1 aliphatic heterocycles. The summed E-state index contributed by atoms with van der Waals surface area (Å²) in [5, 5.41) is 0. The fraction of sp³-hybridized carbons (Fsp3) is 0.333. The van der Waals surface area contributed by atoms with E-state index >= 15 is 0 Å². The summed E-state index contributed by atoms with van der Waals surface area (Å²) in [5.74, 6) is 0.425. The second kappa shape index (κ2) is 9.54. The maximum absolute atomic E-state index is 13.0. The van der Waals surface area contributed by atoms with Crippen molar-refractivity contribution < 1.29 is 9.09 Å². The van der Waals surface area contributed by atoms with Crippen molar-refractivity contribution in [3.05, 3.63) is 47.9 Å². The predicted octanol–water partition coefficient (Wildman–Crippen LogP) is 4.85. The predicted molar refractivity (Wildman–Crippen MR) is 85.7 cm³/mol. The molecular weight excluding hydrogens is 341 g/mol. The molecule has 20 heavy (non-hydrogen) atoms. The zero-order valence-electron chi connectivity index (χ0n) is 10.7. The van der Waals surface area contributed by atoms with Gasteiger partial charge in [-0.3, -0.25) is 13.9 Å². The van der Waals surface area contributed by atoms with Gasteiger partial charge in [0.2, 0.25) is 0 Å². The largest absolute Gasteiger partial charge is 0.400 e. The molecule has 0 aromatic carbocycles. The monoisotopic (exact) mass is 356 g/mol. The van der Waals surface area contributed by atoms with Crippen LogP contribution in [0.2, 0.25) is 0 Å². The first kappa shape index (κ1) is 17.7. The Morgan fingerprint density at radius 3 is 2.55 bits per heavy atom. The minimum absolute atomic E-state index is 0.419. The van der Waals surface area contributed by atoms with Gasteiger partial charge in [0.25, 0.3) is 0 Å². The molecule has 0 saturated carbocycles. The Morgan fingerprint density at radius 1 is 1.25 bits per heavy atom. The van der Waals surface area contributed by atoms with Gasteiger partial charge in [0.05, 0.1) is 6.61 Å². The van der Waals surface area contributed by atoms with Crippen LogP contribution in [0.3, 0.4) is 0 Å². The molecule has 0 radical (unpaired) electrons. The number of nitrogens with zero attached hydrogens (tertiary/aromatic N) is 2. The van der Waals surface area contributed by atoms with Gasteiger partial charge in [-0.05, 0) is 12.5 Å². The summed E-state index contributed by atoms with van der Waals surface area (Å²) in [5.41, 5.74) is 2.51. The van der Waals surface area contributed by atoms with Crippen molar-refractivity contribution in [1.82, 2.24) is 9.34 Å². The molecule has 4 nitrogen and oxygen atoms in total. The van der Waals surface area contributed by atoms with Crippen LogP contribution in [-0.2, 0) is 9.09 Å². The van der Waals surface area contributed by atoms with Crippen molar-refractivity contribution >= 4 is 42.5 Å². The maximum atomic E-state index is 13.0. The van der Waals surface area contributed by atoms with Gasteiger partial charge >= 0.3 is 7.67 Å². The third-order valence-corrected chi connectivity index (χ3v) is 5.18. The molecule has 1 saturated heterocycles. The lowest BCUT2D eigenvalue weighted by Gasteiger charge is -2.38. The second-order valence-electron chi connectivity index (χ2n) is 3.69. The Balaban J connectivity index is 2.97. The smallest absolute Gasteiger partial charge is 0.297 e. The minimum Gasteiger partial charge on any atom is -0.297 e. The number of rotatable bonds is 6. The van der Waals surface area contributed by atoms with E-state index < -0.39 is 7.67 Å². The van der Waals surface area contributed by atoms with E-state index in [9.17, 15) is 4.57 Å². The van der Waals surface area contributed by atoms with Gasteiger partial charge in [0, 0.05) is 42.1 Å². The van der Waals surface area contributed by atoms with Gasteiger partial charge in [0.15, 0.2) is 0 Å². The molecule has 0 amide bonds. The number of halogens is 3. The highest BCUT2D eigenvalue weighted by atomic mass is 35.5. The van der Waals surface area contributed by atoms with Crippen molar-refractivity contribution in [3.8, 4) is 0 Å². The molecule has 0 aliphatic carbocycles. The summed E-state index contributed by atoms with van der Waals surface area (Å²) in [4.78, 5) is 0. The Labute approximate surface area is 134 Å². The Bertz CT molecular complexity index is 440. The van der Waals surface area contributed by atoms with Crippen LogP contribution in [0.1, 0.15) is 6.42 Å². The lowest BCUT2D eigenvalue weighted by Crippen LogP contribution is -2.29. The van der Waals surface area contributed by atoms with Gasteiger partial charge in [-0.1, -0.05) is 35.4 Å². The number of alkyl halides is 1. The average Bonchev–Trinajstić information content (AvgIpc) is 2.45. The van der Waals surface area contributed by atoms with Crippen molar-refractivity contribution in [2.75, 3.05) is 19.0 Å². The lowest BCUT2D eigenvalue weighted by molar-refractivity contribution is 0.210. The molecule has 1 unspecified atom stereocenters. The molecule has 0 N–H and O–H groups in total. The quantitative estimate of drug-likeness (QED) is 0.386. The minimum atomic E-state index is -3.24. The molecule has 0 aromatic heterocycles. The molecule has 1 fully saturated rings. The third kappa shape index (κ3) is 4.87. The number of hydrogen-bond acceptors (Lipinski definition) is 2. The molecule has 0 spiro atoms. The summed E-state index contributed by atoms with van der Waals surface area (Å²) in [6, 6.07) is 0. The fourth-order valence-corrected chi connectivity index (χ4v) is 4.11. The molecular formula is C12H16Cl3N2O2P. The van der Waals surface area contributed by atoms with Gasteiger partial charge in [-0.25, -0.2) is 4.57 Å². The van der Waals surface area contributed by atoms with E-state index in [1.807, 2.05) is 0 Å². The summed E-state index contributed by atoms with van der Waals surface area (Å²) in [7, 11) is -3.24. The molecule has 0 aromatic rings. The average molecular weight is 358 g/mol. The molecule has 0 bridgehead atoms. The highest BCUT2D eigenvalue weighted by Crippen LogP contribution is 2.57. The van der Waals surface area contributed by atoms with Crippen LogP contribution in [-0.4, -0.2) is 28.4 Å². The molecule has 112 valence electrons. The number of allylic oxidation sites excluding steroid dienone is 3. The zero-order valence-corrected chi connectivity index (χ0v) is 13.9. The summed E-state index contributed by atoms with van der Waals surface area (Å²) >= 11 is 16.7. The molecule has 1 aliphatic rings. The first-order valence-corrected chi connectivity index (χ1v) is 8.86. The summed E-state index contributed by atoms with van der Waals surface area (Å²) in [6.07, 6.45) is 10.7. The van der Waals surface area contributed by atoms with Gasteiger partial charge in [-0.2, -0.15) is 0 Å². The fourth-order valence-electron chi connectivity index (χ4n) is 1.58. The van der Waals surface area contributed by atoms with Crippen molar-refractivity contribution in [1.29, 1.82) is 0 Å². The third-order valence-electron chi connectivity index (χ3n) is 2.42. The highest BCUT2D eigenvalue weighted by molar-refractivity contribution is 7.54. The zero-order chi connectivity index (χ0) is 14.8. The summed E-state index contributed by atoms with van der Waals surface area (Å²) < 4.78 is 21.5. The van der Waals surface area contributed by atoms with E-state index in [4.69, 9.17) is 39.3 Å². The van der Waals surface area contributed by atoms with Crippen LogP contribution in [0.4, 0.5) is 0 Å². The summed E-state index contributed by atoms with van der Waals surface area (Å²) in [6.45, 7) is 1.03. The van der Waals surface area contributed by atoms with E-state index in [2.05, 4.69) is 0 Å². The second-order valence-corrected chi connectivity index (χ2v) is 6.72. The van der Waals surface area contributed by atoms with Crippen molar-refractivity contribution in [2.24, 2.45) is 0 Å². The normalized spacial score (nSPS) is 24.6. The highest BCUT2D eigenvalue weighted by Gasteiger charge is 2.37. The first-order valence-electron chi connectivity index (χ1n) is 5.92. The van der Waals surface area contributed by atoms with Crippen molar-refractivity contribution in [3.63, 3.8) is 0 Å². The van der Waals surface area contributed by atoms with E-state index in [-0.39, 0.29) is 0 Å². The van der Waals surface area contributed by atoms with E-state index in [1.54, 1.807) is 29.1 Å². The van der Waals surface area contributed by atoms with Gasteiger partial charge in [0.1, 0.15) is 0 Å². The first-order chi connectivity index (χ1) is 9.69. The SMILES string of the molecule is O=P1(N(/C=C\Cl)/C=C/Cl)OCCCN1/C=C/C=C/CCl. The molecule has 1 heterocycles. The number of hydrogen-bond donors (Lipinski definition) is 0. The Kier molecular flexibility index (Phi) is 8.43. The van der Waals surface area contributed by atoms with Gasteiger partial charge in [-0.15, -0.1) is 11.6 Å². The van der Waals surface area contributed by atoms with Crippen LogP contribution in [0, 0.1) is 0 Å². The molecule has 1 rings (SSSR count).